The molecule has 13 nitrogen and oxygen atoms in total. The van der Waals surface area contributed by atoms with Gasteiger partial charge >= 0.3 is 33.9 Å². The number of carbonyl (C=O) groups excluding carboxylic acids is 2. The number of hydrogen-bond acceptors (Lipinski definition) is 10. The Hall–Kier alpha value is -3.65. The Bertz CT molecular complexity index is 1180. The molecular weight excluding hydrogens is 468 g/mol. The maximum Gasteiger partial charge on any atom is 0.404 e. The quantitative estimate of drug-likeness (QED) is 0.215. The van der Waals surface area contributed by atoms with Crippen LogP contribution in [0.2, 0.25) is 0 Å². The molecule has 1 heterocycles. The summed E-state index contributed by atoms with van der Waals surface area (Å²) >= 11 is 0. The molecule has 0 radical (unpaired) electrons. The highest BCUT2D eigenvalue weighted by Crippen LogP contribution is 2.14. The Labute approximate surface area is 197 Å². The highest BCUT2D eigenvalue weighted by Gasteiger charge is 2.34. The van der Waals surface area contributed by atoms with Gasteiger partial charge in [-0.3, -0.25) is 4.79 Å². The fraction of sp³-hybridized carbons (Fsp3) is 0.400. The number of nitrogens with zero attached hydrogens (tertiary/aromatic N) is 4. The number of sulfonamides is 1. The van der Waals surface area contributed by atoms with Crippen molar-refractivity contribution in [2.45, 2.75) is 45.1 Å². The number of benzene rings is 1. The molecule has 2 N–H and O–H groups in total. The summed E-state index contributed by atoms with van der Waals surface area (Å²) in [6.07, 6.45) is -0.522. The van der Waals surface area contributed by atoms with E-state index in [1.807, 2.05) is 0 Å². The van der Waals surface area contributed by atoms with Gasteiger partial charge in [-0.05, 0) is 32.9 Å². The third kappa shape index (κ3) is 6.68. The maximum atomic E-state index is 13.3. The maximum absolute atomic E-state index is 13.3. The van der Waals surface area contributed by atoms with E-state index in [2.05, 4.69) is 29.4 Å². The first kappa shape index (κ1) is 26.6. The van der Waals surface area contributed by atoms with Gasteiger partial charge in [-0.1, -0.05) is 24.1 Å². The van der Waals surface area contributed by atoms with Crippen LogP contribution < -0.4 is 14.5 Å². The van der Waals surface area contributed by atoms with Crippen LogP contribution in [-0.4, -0.2) is 66.6 Å². The molecule has 0 saturated carbocycles. The van der Waals surface area contributed by atoms with Crippen LogP contribution in [0, 0.1) is 6.92 Å². The van der Waals surface area contributed by atoms with Gasteiger partial charge in [0, 0.05) is 6.42 Å². The van der Waals surface area contributed by atoms with E-state index in [4.69, 9.17) is 9.57 Å². The molecule has 0 bridgehead atoms. The molecule has 2 aromatic rings. The second-order valence-corrected chi connectivity index (χ2v) is 8.61. The van der Waals surface area contributed by atoms with Crippen molar-refractivity contribution in [2.24, 2.45) is 0 Å². The molecule has 0 aliphatic heterocycles. The SMILES string of the molecule is CCC(=O)N(OC(C)C)C(Nc1nc(C)nc(OC)n1)=[NH+]S(=O)(=O)c1ccccc1C(=O)OC. The van der Waals surface area contributed by atoms with E-state index in [0.29, 0.717) is 0 Å². The topological polar surface area (TPSA) is 164 Å². The summed E-state index contributed by atoms with van der Waals surface area (Å²) in [5.41, 5.74) is -0.201. The number of guanidine groups is 1. The van der Waals surface area contributed by atoms with E-state index in [0.717, 1.165) is 12.2 Å². The average molecular weight is 496 g/mol. The van der Waals surface area contributed by atoms with Crippen molar-refractivity contribution in [3.8, 4) is 6.01 Å². The molecule has 184 valence electrons. The minimum Gasteiger partial charge on any atom is -0.467 e. The van der Waals surface area contributed by atoms with Gasteiger partial charge in [0.1, 0.15) is 10.7 Å². The monoisotopic (exact) mass is 495 g/mol. The summed E-state index contributed by atoms with van der Waals surface area (Å²) in [6.45, 7) is 6.47. The van der Waals surface area contributed by atoms with Gasteiger partial charge in [-0.15, -0.1) is 4.98 Å². The minimum absolute atomic E-state index is 0.0159. The third-order valence-corrected chi connectivity index (χ3v) is 5.40. The van der Waals surface area contributed by atoms with Gasteiger partial charge in [0.05, 0.1) is 25.9 Å². The lowest BCUT2D eigenvalue weighted by Crippen LogP contribution is -2.81. The molecule has 2 rings (SSSR count). The van der Waals surface area contributed by atoms with Crippen molar-refractivity contribution in [1.82, 2.24) is 20.0 Å². The first-order valence-electron chi connectivity index (χ1n) is 10.1. The first-order valence-corrected chi connectivity index (χ1v) is 11.6. The number of aromatic nitrogens is 3. The second-order valence-electron chi connectivity index (χ2n) is 6.96. The van der Waals surface area contributed by atoms with Crippen LogP contribution >= 0.6 is 0 Å². The van der Waals surface area contributed by atoms with Crippen LogP contribution in [0.15, 0.2) is 29.2 Å². The lowest BCUT2D eigenvalue weighted by Gasteiger charge is -2.18. The summed E-state index contributed by atoms with van der Waals surface area (Å²) in [5, 5.41) is 3.41. The highest BCUT2D eigenvalue weighted by atomic mass is 32.2. The summed E-state index contributed by atoms with van der Waals surface area (Å²) in [5.74, 6) is -1.70. The van der Waals surface area contributed by atoms with Crippen molar-refractivity contribution in [2.75, 3.05) is 19.5 Å². The van der Waals surface area contributed by atoms with E-state index in [-0.39, 0.29) is 34.7 Å². The molecule has 0 spiro atoms. The molecule has 1 amide bonds. The van der Waals surface area contributed by atoms with Crippen LogP contribution in [0.1, 0.15) is 43.4 Å². The number of methoxy groups -OCH3 is 2. The van der Waals surface area contributed by atoms with Crippen LogP contribution in [0.3, 0.4) is 0 Å². The summed E-state index contributed by atoms with van der Waals surface area (Å²) in [6, 6.07) is 5.41. The van der Waals surface area contributed by atoms with Gasteiger partial charge in [-0.2, -0.15) is 22.8 Å². The molecule has 0 fully saturated rings. The molecular formula is C20H27N6O7S+. The second kappa shape index (κ2) is 11.5. The van der Waals surface area contributed by atoms with Crippen molar-refractivity contribution < 1.29 is 36.7 Å². The zero-order valence-electron chi connectivity index (χ0n) is 19.6. The number of hydrogen-bond donors (Lipinski definition) is 2. The predicted octanol–water partition coefficient (Wildman–Crippen LogP) is -0.209. The van der Waals surface area contributed by atoms with E-state index in [9.17, 15) is 18.0 Å². The minimum atomic E-state index is -4.44. The van der Waals surface area contributed by atoms with Gasteiger partial charge in [0.2, 0.25) is 0 Å². The number of nitrogens with one attached hydrogen (secondary N) is 2. The van der Waals surface area contributed by atoms with E-state index < -0.39 is 34.0 Å². The summed E-state index contributed by atoms with van der Waals surface area (Å²) < 4.78 is 38.6. The summed E-state index contributed by atoms with van der Waals surface area (Å²) in [4.78, 5) is 42.1. The molecule has 1 aromatic heterocycles. The largest absolute Gasteiger partial charge is 0.467 e. The van der Waals surface area contributed by atoms with Crippen molar-refractivity contribution in [3.63, 3.8) is 0 Å². The van der Waals surface area contributed by atoms with Crippen molar-refractivity contribution >= 4 is 33.8 Å². The Morgan fingerprint density at radius 2 is 1.82 bits per heavy atom. The lowest BCUT2D eigenvalue weighted by atomic mass is 10.2. The van der Waals surface area contributed by atoms with Crippen LogP contribution in [0.25, 0.3) is 0 Å². The molecule has 0 aliphatic carbocycles. The Morgan fingerprint density at radius 3 is 2.41 bits per heavy atom. The lowest BCUT2D eigenvalue weighted by molar-refractivity contribution is -0.293. The number of anilines is 1. The van der Waals surface area contributed by atoms with Gasteiger partial charge < -0.3 is 9.47 Å². The number of carbonyl (C=O) groups is 2. The molecule has 0 unspecified atom stereocenters. The zero-order chi connectivity index (χ0) is 25.5. The summed E-state index contributed by atoms with van der Waals surface area (Å²) in [7, 11) is -1.96. The van der Waals surface area contributed by atoms with E-state index >= 15 is 0 Å². The molecule has 0 atom stereocenters. The Morgan fingerprint density at radius 1 is 1.15 bits per heavy atom. The average Bonchev–Trinajstić information content (AvgIpc) is 2.80. The number of hydroxylamine groups is 2. The fourth-order valence-electron chi connectivity index (χ4n) is 2.58. The van der Waals surface area contributed by atoms with Crippen molar-refractivity contribution in [3.05, 3.63) is 35.7 Å². The highest BCUT2D eigenvalue weighted by molar-refractivity contribution is 7.84. The number of esters is 1. The molecule has 14 heteroatoms. The third-order valence-electron chi connectivity index (χ3n) is 4.00. The standard InChI is InChI=1S/C20H26N6O7S/c1-7-16(27)26(33-12(2)3)19(23-18-21-13(4)22-20(24-18)32-6)25-34(29,30)15-11-9-8-10-14(15)17(28)31-5/h8-12H,7H2,1-6H3,(H,21,22,23,24,25)/p+1. The first-order chi connectivity index (χ1) is 16.0. The molecule has 0 saturated heterocycles. The van der Waals surface area contributed by atoms with Gasteiger partial charge in [0.25, 0.3) is 5.95 Å². The van der Waals surface area contributed by atoms with Crippen molar-refractivity contribution in [1.29, 1.82) is 0 Å². The molecule has 34 heavy (non-hydrogen) atoms. The Balaban J connectivity index is 2.71. The van der Waals surface area contributed by atoms with E-state index in [1.54, 1.807) is 27.7 Å². The number of amides is 1. The number of ether oxygens (including phenoxy) is 2. The molecule has 1 aromatic carbocycles. The van der Waals surface area contributed by atoms with Crippen LogP contribution in [0.5, 0.6) is 6.01 Å². The number of rotatable bonds is 8. The van der Waals surface area contributed by atoms with E-state index in [1.165, 1.54) is 31.4 Å². The molecule has 0 aliphatic rings. The van der Waals surface area contributed by atoms with Crippen LogP contribution in [0.4, 0.5) is 5.95 Å². The van der Waals surface area contributed by atoms with Gasteiger partial charge in [-0.25, -0.2) is 14.9 Å². The fourth-order valence-corrected chi connectivity index (χ4v) is 3.78. The normalized spacial score (nSPS) is 11.8. The van der Waals surface area contributed by atoms with Crippen LogP contribution in [-0.2, 0) is 24.4 Å². The number of aryl methyl sites for hydroxylation is 1. The van der Waals surface area contributed by atoms with Gasteiger partial charge in [0.15, 0.2) is 0 Å². The predicted molar refractivity (Wildman–Crippen MR) is 119 cm³/mol. The smallest absolute Gasteiger partial charge is 0.404 e. The Kier molecular flexibility index (Phi) is 8.97. The zero-order valence-corrected chi connectivity index (χ0v) is 20.5.